The zero-order valence-electron chi connectivity index (χ0n) is 9.89. The van der Waals surface area contributed by atoms with Gasteiger partial charge in [-0.05, 0) is 6.92 Å². The van der Waals surface area contributed by atoms with E-state index in [2.05, 4.69) is 5.32 Å². The summed E-state index contributed by atoms with van der Waals surface area (Å²) in [6, 6.07) is 0. The van der Waals surface area contributed by atoms with Gasteiger partial charge in [0.2, 0.25) is 5.91 Å². The molecule has 100 valence electrons. The number of nitrogens with one attached hydrogen (secondary N) is 1. The van der Waals surface area contributed by atoms with Gasteiger partial charge in [0.1, 0.15) is 0 Å². The molecule has 0 saturated heterocycles. The lowest BCUT2D eigenvalue weighted by atomic mass is 10.2. The van der Waals surface area contributed by atoms with Crippen LogP contribution in [0.4, 0.5) is 0 Å². The van der Waals surface area contributed by atoms with Crippen LogP contribution >= 0.6 is 0 Å². The minimum absolute atomic E-state index is 0.0248. The molecular weight excluding hydrogens is 228 g/mol. The van der Waals surface area contributed by atoms with Crippen molar-refractivity contribution in [3.05, 3.63) is 0 Å². The van der Waals surface area contributed by atoms with Crippen LogP contribution in [0.2, 0.25) is 0 Å². The third-order valence-electron chi connectivity index (χ3n) is 2.10. The number of carbonyl (C=O) groups is 2. The lowest BCUT2D eigenvalue weighted by molar-refractivity contribution is -0.147. The number of carboxylic acid groups (broad SMARTS) is 1. The Kier molecular flexibility index (Phi) is 8.29. The Morgan fingerprint density at radius 2 is 2.12 bits per heavy atom. The fraction of sp³-hybridized carbons (Fsp3) is 0.800. The molecule has 17 heavy (non-hydrogen) atoms. The van der Waals surface area contributed by atoms with Gasteiger partial charge in [0.05, 0.1) is 12.5 Å². The number of amides is 1. The summed E-state index contributed by atoms with van der Waals surface area (Å²) in [7, 11) is 0. The molecule has 7 heteroatoms. The van der Waals surface area contributed by atoms with E-state index in [1.54, 1.807) is 0 Å². The molecule has 0 radical (unpaired) electrons. The SMILES string of the molecule is CCOC(CN)CC(=O)NCC[C@H](O)C(=O)O. The first-order chi connectivity index (χ1) is 8.01. The Bertz CT molecular complexity index is 247. The van der Waals surface area contributed by atoms with E-state index in [-0.39, 0.29) is 37.9 Å². The summed E-state index contributed by atoms with van der Waals surface area (Å²) < 4.78 is 5.20. The third kappa shape index (κ3) is 7.67. The minimum Gasteiger partial charge on any atom is -0.479 e. The maximum atomic E-state index is 11.4. The van der Waals surface area contributed by atoms with Gasteiger partial charge in [-0.2, -0.15) is 0 Å². The molecule has 0 aromatic carbocycles. The molecule has 0 bridgehead atoms. The lowest BCUT2D eigenvalue weighted by Crippen LogP contribution is -2.35. The Morgan fingerprint density at radius 3 is 2.59 bits per heavy atom. The maximum Gasteiger partial charge on any atom is 0.332 e. The van der Waals surface area contributed by atoms with Crippen LogP contribution in [0.1, 0.15) is 19.8 Å². The van der Waals surface area contributed by atoms with Gasteiger partial charge in [-0.15, -0.1) is 0 Å². The molecule has 0 spiro atoms. The predicted molar refractivity (Wildman–Crippen MR) is 60.4 cm³/mol. The Labute approximate surface area is 99.9 Å². The molecule has 2 atom stereocenters. The fourth-order valence-corrected chi connectivity index (χ4v) is 1.20. The molecule has 0 saturated carbocycles. The van der Waals surface area contributed by atoms with Crippen LogP contribution in [0.25, 0.3) is 0 Å². The Morgan fingerprint density at radius 1 is 1.47 bits per heavy atom. The summed E-state index contributed by atoms with van der Waals surface area (Å²) in [6.07, 6.45) is -1.67. The zero-order chi connectivity index (χ0) is 13.3. The van der Waals surface area contributed by atoms with E-state index in [0.29, 0.717) is 6.61 Å². The Balaban J connectivity index is 3.75. The number of hydrogen-bond donors (Lipinski definition) is 4. The van der Waals surface area contributed by atoms with Gasteiger partial charge < -0.3 is 26.0 Å². The van der Waals surface area contributed by atoms with Crippen LogP contribution in [0, 0.1) is 0 Å². The Hall–Kier alpha value is -1.18. The highest BCUT2D eigenvalue weighted by Gasteiger charge is 2.15. The maximum absolute atomic E-state index is 11.4. The van der Waals surface area contributed by atoms with Crippen molar-refractivity contribution in [1.29, 1.82) is 0 Å². The lowest BCUT2D eigenvalue weighted by Gasteiger charge is -2.14. The summed E-state index contributed by atoms with van der Waals surface area (Å²) in [6.45, 7) is 2.64. The smallest absolute Gasteiger partial charge is 0.332 e. The summed E-state index contributed by atoms with van der Waals surface area (Å²) in [5, 5.41) is 19.9. The fourth-order valence-electron chi connectivity index (χ4n) is 1.20. The normalized spacial score (nSPS) is 14.1. The quantitative estimate of drug-likeness (QED) is 0.402. The van der Waals surface area contributed by atoms with Crippen LogP contribution in [0.15, 0.2) is 0 Å². The van der Waals surface area contributed by atoms with Crippen molar-refractivity contribution in [3.8, 4) is 0 Å². The number of rotatable bonds is 9. The highest BCUT2D eigenvalue weighted by molar-refractivity contribution is 5.76. The number of hydrogen-bond acceptors (Lipinski definition) is 5. The second-order valence-corrected chi connectivity index (χ2v) is 3.51. The van der Waals surface area contributed by atoms with Crippen molar-refractivity contribution in [2.24, 2.45) is 5.73 Å². The number of aliphatic hydroxyl groups excluding tert-OH is 1. The second-order valence-electron chi connectivity index (χ2n) is 3.51. The molecule has 0 fully saturated rings. The van der Waals surface area contributed by atoms with E-state index in [4.69, 9.17) is 20.7 Å². The second kappa shape index (κ2) is 8.91. The molecule has 0 heterocycles. The highest BCUT2D eigenvalue weighted by Crippen LogP contribution is 1.97. The van der Waals surface area contributed by atoms with Gasteiger partial charge in [0.15, 0.2) is 6.10 Å². The molecule has 0 rings (SSSR count). The van der Waals surface area contributed by atoms with Crippen molar-refractivity contribution in [2.75, 3.05) is 19.7 Å². The first kappa shape index (κ1) is 15.8. The summed E-state index contributed by atoms with van der Waals surface area (Å²) in [5.74, 6) is -1.57. The van der Waals surface area contributed by atoms with Gasteiger partial charge in [-0.1, -0.05) is 0 Å². The average molecular weight is 248 g/mol. The molecule has 1 unspecified atom stereocenters. The van der Waals surface area contributed by atoms with Crippen LogP contribution in [-0.4, -0.2) is 54.0 Å². The molecule has 7 nitrogen and oxygen atoms in total. The summed E-state index contributed by atoms with van der Waals surface area (Å²) in [5.41, 5.74) is 5.40. The number of ether oxygens (including phenoxy) is 1. The van der Waals surface area contributed by atoms with Gasteiger partial charge >= 0.3 is 5.97 Å². The molecule has 0 aromatic heterocycles. The van der Waals surface area contributed by atoms with Crippen molar-refractivity contribution >= 4 is 11.9 Å². The average Bonchev–Trinajstić information content (AvgIpc) is 2.28. The highest BCUT2D eigenvalue weighted by atomic mass is 16.5. The summed E-state index contributed by atoms with van der Waals surface area (Å²) >= 11 is 0. The minimum atomic E-state index is -1.45. The largest absolute Gasteiger partial charge is 0.479 e. The summed E-state index contributed by atoms with van der Waals surface area (Å²) in [4.78, 5) is 21.6. The van der Waals surface area contributed by atoms with E-state index in [1.807, 2.05) is 6.92 Å². The standard InChI is InChI=1S/C10H20N2O5/c1-2-17-7(6-11)5-9(14)12-4-3-8(13)10(15)16/h7-8,13H,2-6,11H2,1H3,(H,12,14)(H,15,16)/t7?,8-/m0/s1. The van der Waals surface area contributed by atoms with Gasteiger partial charge in [-0.25, -0.2) is 4.79 Å². The van der Waals surface area contributed by atoms with E-state index >= 15 is 0 Å². The first-order valence-corrected chi connectivity index (χ1v) is 5.50. The predicted octanol–water partition coefficient (Wildman–Crippen LogP) is -1.31. The van der Waals surface area contributed by atoms with Crippen molar-refractivity contribution in [3.63, 3.8) is 0 Å². The van der Waals surface area contributed by atoms with E-state index in [0.717, 1.165) is 0 Å². The van der Waals surface area contributed by atoms with Gasteiger partial charge in [0, 0.05) is 26.1 Å². The zero-order valence-corrected chi connectivity index (χ0v) is 9.89. The number of aliphatic carboxylic acids is 1. The molecule has 0 aromatic rings. The topological polar surface area (TPSA) is 122 Å². The van der Waals surface area contributed by atoms with E-state index in [1.165, 1.54) is 0 Å². The molecule has 1 amide bonds. The van der Waals surface area contributed by atoms with Crippen LogP contribution in [0.5, 0.6) is 0 Å². The van der Waals surface area contributed by atoms with Crippen molar-refractivity contribution in [1.82, 2.24) is 5.32 Å². The molecular formula is C10H20N2O5. The van der Waals surface area contributed by atoms with E-state index in [9.17, 15) is 9.59 Å². The molecule has 0 aliphatic heterocycles. The number of carbonyl (C=O) groups excluding carboxylic acids is 1. The first-order valence-electron chi connectivity index (χ1n) is 5.50. The van der Waals surface area contributed by atoms with Crippen LogP contribution in [-0.2, 0) is 14.3 Å². The number of nitrogens with two attached hydrogens (primary N) is 1. The molecule has 5 N–H and O–H groups in total. The number of carboxylic acids is 1. The van der Waals surface area contributed by atoms with Crippen molar-refractivity contribution in [2.45, 2.75) is 32.0 Å². The van der Waals surface area contributed by atoms with Gasteiger partial charge in [0.25, 0.3) is 0 Å². The van der Waals surface area contributed by atoms with E-state index < -0.39 is 12.1 Å². The number of aliphatic hydroxyl groups is 1. The molecule has 0 aliphatic carbocycles. The van der Waals surface area contributed by atoms with Gasteiger partial charge in [-0.3, -0.25) is 4.79 Å². The van der Waals surface area contributed by atoms with Crippen LogP contribution < -0.4 is 11.1 Å². The van der Waals surface area contributed by atoms with Crippen molar-refractivity contribution < 1.29 is 24.5 Å². The molecule has 0 aliphatic rings. The van der Waals surface area contributed by atoms with Crippen LogP contribution in [0.3, 0.4) is 0 Å². The monoisotopic (exact) mass is 248 g/mol. The third-order valence-corrected chi connectivity index (χ3v) is 2.10.